The number of carbonyl (C=O) groups is 2. The Labute approximate surface area is 123 Å². The van der Waals surface area contributed by atoms with Crippen LogP contribution in [-0.2, 0) is 20.9 Å². The summed E-state index contributed by atoms with van der Waals surface area (Å²) >= 11 is 0. The summed E-state index contributed by atoms with van der Waals surface area (Å²) in [5.41, 5.74) is 0.128. The summed E-state index contributed by atoms with van der Waals surface area (Å²) in [7, 11) is 0. The molecule has 1 unspecified atom stereocenters. The fourth-order valence-corrected chi connectivity index (χ4v) is 1.40. The van der Waals surface area contributed by atoms with Crippen molar-refractivity contribution in [2.24, 2.45) is 0 Å². The first-order chi connectivity index (χ1) is 9.78. The molecule has 7 nitrogen and oxygen atoms in total. The molecule has 0 spiro atoms. The number of carboxylic acid groups (broad SMARTS) is 1. The van der Waals surface area contributed by atoms with Crippen LogP contribution in [0.2, 0.25) is 0 Å². The highest BCUT2D eigenvalue weighted by Gasteiger charge is 2.24. The number of alkyl carbamates (subject to hydrolysis) is 1. The molecule has 0 aliphatic carbocycles. The van der Waals surface area contributed by atoms with Gasteiger partial charge in [0.1, 0.15) is 5.60 Å². The van der Waals surface area contributed by atoms with Crippen molar-refractivity contribution in [2.45, 2.75) is 39.0 Å². The number of nitrogens with zero attached hydrogens (tertiary/aromatic N) is 1. The minimum absolute atomic E-state index is 0.163. The Morgan fingerprint density at radius 3 is 2.67 bits per heavy atom. The van der Waals surface area contributed by atoms with Crippen LogP contribution < -0.4 is 5.32 Å². The first-order valence-corrected chi connectivity index (χ1v) is 6.47. The summed E-state index contributed by atoms with van der Waals surface area (Å²) in [6.45, 7) is 5.14. The van der Waals surface area contributed by atoms with Crippen molar-refractivity contribution in [3.05, 3.63) is 30.1 Å². The van der Waals surface area contributed by atoms with Gasteiger partial charge in [0.15, 0.2) is 6.04 Å². The monoisotopic (exact) mass is 296 g/mol. The third kappa shape index (κ3) is 7.26. The van der Waals surface area contributed by atoms with Gasteiger partial charge in [-0.1, -0.05) is 6.07 Å². The lowest BCUT2D eigenvalue weighted by molar-refractivity contribution is -0.141. The Morgan fingerprint density at radius 1 is 1.43 bits per heavy atom. The second kappa shape index (κ2) is 7.58. The third-order valence-corrected chi connectivity index (χ3v) is 2.27. The molecule has 0 saturated heterocycles. The molecule has 2 N–H and O–H groups in total. The van der Waals surface area contributed by atoms with E-state index < -0.39 is 23.7 Å². The van der Waals surface area contributed by atoms with Gasteiger partial charge in [-0.05, 0) is 32.4 Å². The zero-order chi connectivity index (χ0) is 15.9. The van der Waals surface area contributed by atoms with Crippen molar-refractivity contribution in [1.82, 2.24) is 10.3 Å². The molecule has 1 heterocycles. The van der Waals surface area contributed by atoms with E-state index in [4.69, 9.17) is 14.6 Å². The highest BCUT2D eigenvalue weighted by molar-refractivity contribution is 5.80. The maximum absolute atomic E-state index is 11.5. The van der Waals surface area contributed by atoms with Gasteiger partial charge in [0, 0.05) is 12.4 Å². The Balaban J connectivity index is 2.43. The average Bonchev–Trinajstić information content (AvgIpc) is 2.36. The molecule has 0 bridgehead atoms. The lowest BCUT2D eigenvalue weighted by Crippen LogP contribution is -2.46. The smallest absolute Gasteiger partial charge is 0.408 e. The predicted molar refractivity (Wildman–Crippen MR) is 74.7 cm³/mol. The van der Waals surface area contributed by atoms with E-state index in [-0.39, 0.29) is 13.2 Å². The lowest BCUT2D eigenvalue weighted by atomic mass is 10.2. The molecule has 7 heteroatoms. The molecule has 1 aromatic heterocycles. The van der Waals surface area contributed by atoms with Crippen LogP contribution in [0.15, 0.2) is 24.5 Å². The summed E-state index contributed by atoms with van der Waals surface area (Å²) in [5, 5.41) is 11.3. The maximum Gasteiger partial charge on any atom is 0.408 e. The van der Waals surface area contributed by atoms with Crippen LogP contribution in [0.1, 0.15) is 26.3 Å². The Kier molecular flexibility index (Phi) is 6.10. The van der Waals surface area contributed by atoms with Gasteiger partial charge in [-0.3, -0.25) is 4.98 Å². The molecule has 116 valence electrons. The molecule has 1 atom stereocenters. The van der Waals surface area contributed by atoms with Gasteiger partial charge >= 0.3 is 12.1 Å². The van der Waals surface area contributed by atoms with Gasteiger partial charge in [-0.15, -0.1) is 0 Å². The molecule has 21 heavy (non-hydrogen) atoms. The van der Waals surface area contributed by atoms with Crippen LogP contribution in [0, 0.1) is 0 Å². The SMILES string of the molecule is CC(C)(C)OC(=O)NC(COCc1cccnc1)C(=O)O. The van der Waals surface area contributed by atoms with E-state index >= 15 is 0 Å². The first-order valence-electron chi connectivity index (χ1n) is 6.47. The van der Waals surface area contributed by atoms with Crippen molar-refractivity contribution in [3.63, 3.8) is 0 Å². The van der Waals surface area contributed by atoms with Gasteiger partial charge in [-0.25, -0.2) is 9.59 Å². The molecule has 0 aromatic carbocycles. The molecule has 1 amide bonds. The molecule has 1 aromatic rings. The number of nitrogens with one attached hydrogen (secondary N) is 1. The van der Waals surface area contributed by atoms with Gasteiger partial charge in [-0.2, -0.15) is 0 Å². The fourth-order valence-electron chi connectivity index (χ4n) is 1.40. The number of aliphatic carboxylic acids is 1. The van der Waals surface area contributed by atoms with Crippen LogP contribution in [-0.4, -0.2) is 40.4 Å². The number of hydrogen-bond donors (Lipinski definition) is 2. The summed E-state index contributed by atoms with van der Waals surface area (Å²) in [4.78, 5) is 26.5. The van der Waals surface area contributed by atoms with Crippen LogP contribution in [0.3, 0.4) is 0 Å². The van der Waals surface area contributed by atoms with Crippen molar-refractivity contribution in [2.75, 3.05) is 6.61 Å². The lowest BCUT2D eigenvalue weighted by Gasteiger charge is -2.22. The third-order valence-electron chi connectivity index (χ3n) is 2.27. The zero-order valence-corrected chi connectivity index (χ0v) is 12.3. The molecule has 0 radical (unpaired) electrons. The number of hydrogen-bond acceptors (Lipinski definition) is 5. The van der Waals surface area contributed by atoms with Gasteiger partial charge in [0.05, 0.1) is 13.2 Å². The number of aromatic nitrogens is 1. The quantitative estimate of drug-likeness (QED) is 0.827. The highest BCUT2D eigenvalue weighted by atomic mass is 16.6. The molecule has 0 saturated carbocycles. The molecular weight excluding hydrogens is 276 g/mol. The van der Waals surface area contributed by atoms with Crippen molar-refractivity contribution in [1.29, 1.82) is 0 Å². The van der Waals surface area contributed by atoms with Crippen molar-refractivity contribution < 1.29 is 24.2 Å². The average molecular weight is 296 g/mol. The number of amides is 1. The summed E-state index contributed by atoms with van der Waals surface area (Å²) in [6.07, 6.45) is 2.46. The minimum Gasteiger partial charge on any atom is -0.480 e. The maximum atomic E-state index is 11.5. The van der Waals surface area contributed by atoms with Crippen LogP contribution in [0.4, 0.5) is 4.79 Å². The van der Waals surface area contributed by atoms with E-state index in [1.54, 1.807) is 39.2 Å². The fraction of sp³-hybridized carbons (Fsp3) is 0.500. The predicted octanol–water partition coefficient (Wildman–Crippen LogP) is 1.58. The van der Waals surface area contributed by atoms with E-state index in [0.717, 1.165) is 5.56 Å². The highest BCUT2D eigenvalue weighted by Crippen LogP contribution is 2.07. The second-order valence-electron chi connectivity index (χ2n) is 5.41. The van der Waals surface area contributed by atoms with Gasteiger partial charge in [0.2, 0.25) is 0 Å². The number of ether oxygens (including phenoxy) is 2. The Morgan fingerprint density at radius 2 is 2.14 bits per heavy atom. The van der Waals surface area contributed by atoms with Crippen LogP contribution >= 0.6 is 0 Å². The van der Waals surface area contributed by atoms with Crippen LogP contribution in [0.25, 0.3) is 0 Å². The second-order valence-corrected chi connectivity index (χ2v) is 5.41. The standard InChI is InChI=1S/C14H20N2O5/c1-14(2,3)21-13(19)16-11(12(17)18)9-20-8-10-5-4-6-15-7-10/h4-7,11H,8-9H2,1-3H3,(H,16,19)(H,17,18). The summed E-state index contributed by atoms with van der Waals surface area (Å²) in [6, 6.07) is 2.40. The molecule has 0 fully saturated rings. The van der Waals surface area contributed by atoms with E-state index in [1.807, 2.05) is 6.07 Å². The molecule has 0 aliphatic heterocycles. The van der Waals surface area contributed by atoms with Crippen LogP contribution in [0.5, 0.6) is 0 Å². The van der Waals surface area contributed by atoms with E-state index in [0.29, 0.717) is 0 Å². The van der Waals surface area contributed by atoms with Crippen molar-refractivity contribution in [3.8, 4) is 0 Å². The topological polar surface area (TPSA) is 97.8 Å². The zero-order valence-electron chi connectivity index (χ0n) is 12.3. The van der Waals surface area contributed by atoms with E-state index in [9.17, 15) is 9.59 Å². The molecule has 0 aliphatic rings. The minimum atomic E-state index is -1.19. The number of carboxylic acids is 1. The molecular formula is C14H20N2O5. The Hall–Kier alpha value is -2.15. The molecule has 1 rings (SSSR count). The first kappa shape index (κ1) is 16.9. The normalized spacial score (nSPS) is 12.5. The Bertz CT molecular complexity index is 470. The van der Waals surface area contributed by atoms with Crippen molar-refractivity contribution >= 4 is 12.1 Å². The number of rotatable bonds is 6. The summed E-state index contributed by atoms with van der Waals surface area (Å²) in [5.74, 6) is -1.19. The number of carbonyl (C=O) groups excluding carboxylic acids is 1. The van der Waals surface area contributed by atoms with E-state index in [2.05, 4.69) is 10.3 Å². The van der Waals surface area contributed by atoms with Gasteiger partial charge in [0.25, 0.3) is 0 Å². The van der Waals surface area contributed by atoms with E-state index in [1.165, 1.54) is 0 Å². The van der Waals surface area contributed by atoms with Gasteiger partial charge < -0.3 is 19.9 Å². The largest absolute Gasteiger partial charge is 0.480 e. The number of pyridine rings is 1. The summed E-state index contributed by atoms with van der Waals surface area (Å²) < 4.78 is 10.3.